The van der Waals surface area contributed by atoms with Crippen LogP contribution >= 0.6 is 0 Å². The average Bonchev–Trinajstić information content (AvgIpc) is 2.55. The van der Waals surface area contributed by atoms with Crippen LogP contribution in [0, 0.1) is 0 Å². The minimum atomic E-state index is -0.343. The third-order valence-electron chi connectivity index (χ3n) is 2.65. The molecule has 2 aromatic rings. The molecule has 0 spiro atoms. The third kappa shape index (κ3) is 4.55. The summed E-state index contributed by atoms with van der Waals surface area (Å²) >= 11 is 0. The molecule has 2 N–H and O–H groups in total. The van der Waals surface area contributed by atoms with E-state index in [0.717, 1.165) is 0 Å². The first-order valence-corrected chi connectivity index (χ1v) is 6.76. The topological polar surface area (TPSA) is 93.2 Å². The fourth-order valence-electron chi connectivity index (χ4n) is 1.64. The first kappa shape index (κ1) is 15.4. The molecule has 2 rings (SSSR count). The first-order chi connectivity index (χ1) is 10.7. The van der Waals surface area contributed by atoms with Crippen molar-refractivity contribution in [1.29, 1.82) is 0 Å². The van der Waals surface area contributed by atoms with Gasteiger partial charge < -0.3 is 15.4 Å². The Bertz CT molecular complexity index is 629. The highest BCUT2D eigenvalue weighted by molar-refractivity contribution is 6.02. The maximum absolute atomic E-state index is 11.9. The number of carbonyl (C=O) groups excluding carboxylic acids is 2. The van der Waals surface area contributed by atoms with Gasteiger partial charge in [-0.25, -0.2) is 4.98 Å². The predicted molar refractivity (Wildman–Crippen MR) is 80.6 cm³/mol. The highest BCUT2D eigenvalue weighted by Gasteiger charge is 2.07. The average molecular weight is 300 g/mol. The Morgan fingerprint density at radius 3 is 2.59 bits per heavy atom. The lowest BCUT2D eigenvalue weighted by molar-refractivity contribution is -0.122. The quantitative estimate of drug-likeness (QED) is 0.837. The number of nitrogens with one attached hydrogen (secondary N) is 2. The summed E-state index contributed by atoms with van der Waals surface area (Å²) < 4.78 is 5.32. The largest absolute Gasteiger partial charge is 0.484 e. The number of carbonyl (C=O) groups is 2. The van der Waals surface area contributed by atoms with Crippen molar-refractivity contribution in [2.45, 2.75) is 6.92 Å². The van der Waals surface area contributed by atoms with Gasteiger partial charge in [-0.15, -0.1) is 0 Å². The second-order valence-electron chi connectivity index (χ2n) is 4.31. The molecule has 7 nitrogen and oxygen atoms in total. The lowest BCUT2D eigenvalue weighted by Gasteiger charge is -2.08. The van der Waals surface area contributed by atoms with E-state index in [1.165, 1.54) is 18.6 Å². The summed E-state index contributed by atoms with van der Waals surface area (Å²) in [6, 6.07) is 6.71. The Hall–Kier alpha value is -2.96. The van der Waals surface area contributed by atoms with E-state index < -0.39 is 0 Å². The Balaban J connectivity index is 1.89. The van der Waals surface area contributed by atoms with E-state index >= 15 is 0 Å². The first-order valence-electron chi connectivity index (χ1n) is 6.76. The number of hydrogen-bond donors (Lipinski definition) is 2. The van der Waals surface area contributed by atoms with E-state index in [1.807, 2.05) is 6.92 Å². The van der Waals surface area contributed by atoms with Crippen molar-refractivity contribution < 1.29 is 14.3 Å². The number of anilines is 1. The van der Waals surface area contributed by atoms with Gasteiger partial charge in [0.2, 0.25) is 0 Å². The summed E-state index contributed by atoms with van der Waals surface area (Å²) in [5.74, 6) is 0.0235. The molecule has 1 heterocycles. The monoisotopic (exact) mass is 300 g/mol. The lowest BCUT2D eigenvalue weighted by atomic mass is 10.3. The molecule has 114 valence electrons. The molecule has 0 unspecified atom stereocenters. The van der Waals surface area contributed by atoms with Gasteiger partial charge in [0.15, 0.2) is 6.61 Å². The van der Waals surface area contributed by atoms with Crippen LogP contribution in [0.15, 0.2) is 42.9 Å². The van der Waals surface area contributed by atoms with Gasteiger partial charge in [-0.2, -0.15) is 0 Å². The van der Waals surface area contributed by atoms with E-state index in [9.17, 15) is 9.59 Å². The summed E-state index contributed by atoms with van der Waals surface area (Å²) in [6.07, 6.45) is 4.34. The van der Waals surface area contributed by atoms with E-state index in [1.54, 1.807) is 24.3 Å². The van der Waals surface area contributed by atoms with Crippen molar-refractivity contribution in [3.05, 3.63) is 48.5 Å². The summed E-state index contributed by atoms with van der Waals surface area (Å²) in [5, 5.41) is 5.33. The van der Waals surface area contributed by atoms with Gasteiger partial charge in [0.25, 0.3) is 11.8 Å². The molecule has 0 radical (unpaired) electrons. The smallest absolute Gasteiger partial charge is 0.275 e. The zero-order valence-electron chi connectivity index (χ0n) is 12.1. The fraction of sp³-hybridized carbons (Fsp3) is 0.200. The highest BCUT2D eigenvalue weighted by atomic mass is 16.5. The molecule has 0 aliphatic heterocycles. The van der Waals surface area contributed by atoms with Gasteiger partial charge in [0.05, 0.1) is 6.20 Å². The molecule has 1 aromatic carbocycles. The Morgan fingerprint density at radius 2 is 1.95 bits per heavy atom. The van der Waals surface area contributed by atoms with E-state index in [-0.39, 0.29) is 24.1 Å². The van der Waals surface area contributed by atoms with Crippen LogP contribution in [0.3, 0.4) is 0 Å². The van der Waals surface area contributed by atoms with Crippen molar-refractivity contribution in [3.63, 3.8) is 0 Å². The molecule has 0 saturated heterocycles. The molecular weight excluding hydrogens is 284 g/mol. The van der Waals surface area contributed by atoms with Crippen molar-refractivity contribution in [3.8, 4) is 5.75 Å². The molecule has 0 atom stereocenters. The number of likely N-dealkylation sites (N-methyl/N-ethyl adjacent to an activating group) is 1. The van der Waals surface area contributed by atoms with Gasteiger partial charge in [-0.3, -0.25) is 14.6 Å². The van der Waals surface area contributed by atoms with Crippen LogP contribution in [0.25, 0.3) is 0 Å². The van der Waals surface area contributed by atoms with Crippen LogP contribution in [-0.2, 0) is 4.79 Å². The minimum absolute atomic E-state index is 0.0425. The molecule has 0 aliphatic rings. The number of amides is 2. The van der Waals surface area contributed by atoms with Gasteiger partial charge in [0.1, 0.15) is 11.4 Å². The number of rotatable bonds is 6. The van der Waals surface area contributed by atoms with Crippen LogP contribution in [0.1, 0.15) is 17.4 Å². The van der Waals surface area contributed by atoms with Gasteiger partial charge in [-0.1, -0.05) is 0 Å². The van der Waals surface area contributed by atoms with Crippen LogP contribution < -0.4 is 15.4 Å². The van der Waals surface area contributed by atoms with Crippen molar-refractivity contribution in [2.24, 2.45) is 0 Å². The maximum Gasteiger partial charge on any atom is 0.275 e. The summed E-state index contributed by atoms with van der Waals surface area (Å²) in [5.41, 5.74) is 0.833. The molecule has 1 aromatic heterocycles. The zero-order valence-corrected chi connectivity index (χ0v) is 12.1. The number of nitrogens with zero attached hydrogens (tertiary/aromatic N) is 2. The molecule has 0 aliphatic carbocycles. The van der Waals surface area contributed by atoms with E-state index in [2.05, 4.69) is 20.6 Å². The lowest BCUT2D eigenvalue weighted by Crippen LogP contribution is -2.28. The second-order valence-corrected chi connectivity index (χ2v) is 4.31. The zero-order chi connectivity index (χ0) is 15.8. The fourth-order valence-corrected chi connectivity index (χ4v) is 1.64. The van der Waals surface area contributed by atoms with Crippen LogP contribution in [0.5, 0.6) is 5.75 Å². The van der Waals surface area contributed by atoms with Crippen LogP contribution in [0.2, 0.25) is 0 Å². The molecule has 2 amide bonds. The summed E-state index contributed by atoms with van der Waals surface area (Å²) in [7, 11) is 0. The van der Waals surface area contributed by atoms with Crippen molar-refractivity contribution >= 4 is 17.5 Å². The molecule has 0 bridgehead atoms. The van der Waals surface area contributed by atoms with Crippen LogP contribution in [-0.4, -0.2) is 34.9 Å². The van der Waals surface area contributed by atoms with E-state index in [4.69, 9.17) is 4.74 Å². The number of aromatic nitrogens is 2. The number of hydrogen-bond acceptors (Lipinski definition) is 5. The number of ether oxygens (including phenoxy) is 1. The standard InChI is InChI=1S/C15H16N4O3/c1-2-17-14(20)10-22-12-5-3-11(4-6-12)19-15(21)13-9-16-7-8-18-13/h3-9H,2,10H2,1H3,(H,17,20)(H,19,21). The maximum atomic E-state index is 11.9. The Kier molecular flexibility index (Phi) is 5.42. The highest BCUT2D eigenvalue weighted by Crippen LogP contribution is 2.16. The molecule has 0 fully saturated rings. The number of benzene rings is 1. The third-order valence-corrected chi connectivity index (χ3v) is 2.65. The van der Waals surface area contributed by atoms with Gasteiger partial charge >= 0.3 is 0 Å². The Morgan fingerprint density at radius 1 is 1.18 bits per heavy atom. The Labute approximate surface area is 127 Å². The SMILES string of the molecule is CCNC(=O)COc1ccc(NC(=O)c2cnccn2)cc1. The summed E-state index contributed by atoms with van der Waals surface area (Å²) in [6.45, 7) is 2.36. The van der Waals surface area contributed by atoms with Crippen LogP contribution in [0.4, 0.5) is 5.69 Å². The minimum Gasteiger partial charge on any atom is -0.484 e. The molecule has 22 heavy (non-hydrogen) atoms. The van der Waals surface area contributed by atoms with Gasteiger partial charge in [-0.05, 0) is 31.2 Å². The van der Waals surface area contributed by atoms with Crippen molar-refractivity contribution in [1.82, 2.24) is 15.3 Å². The summed E-state index contributed by atoms with van der Waals surface area (Å²) in [4.78, 5) is 30.9. The second kappa shape index (κ2) is 7.72. The normalized spacial score (nSPS) is 9.86. The van der Waals surface area contributed by atoms with Crippen molar-refractivity contribution in [2.75, 3.05) is 18.5 Å². The molecule has 0 saturated carbocycles. The molecular formula is C15H16N4O3. The van der Waals surface area contributed by atoms with Gasteiger partial charge in [0, 0.05) is 24.6 Å². The predicted octanol–water partition coefficient (Wildman–Crippen LogP) is 1.24. The molecule has 7 heteroatoms. The van der Waals surface area contributed by atoms with E-state index in [0.29, 0.717) is 18.0 Å².